The molecule has 0 aliphatic heterocycles. The molecule has 0 unspecified atom stereocenters. The van der Waals surface area contributed by atoms with Crippen LogP contribution >= 0.6 is 0 Å². The van der Waals surface area contributed by atoms with E-state index in [1.165, 1.54) is 6.20 Å². The third kappa shape index (κ3) is 1.86. The number of nitrogen functional groups attached to an aromatic ring is 2. The van der Waals surface area contributed by atoms with Gasteiger partial charge in [-0.05, 0) is 0 Å². The lowest BCUT2D eigenvalue weighted by atomic mass is 10.2. The van der Waals surface area contributed by atoms with E-state index in [0.29, 0.717) is 10.4 Å². The van der Waals surface area contributed by atoms with Gasteiger partial charge in [0.1, 0.15) is 5.69 Å². The van der Waals surface area contributed by atoms with E-state index in [-0.39, 0.29) is 22.9 Å². The zero-order valence-electron chi connectivity index (χ0n) is 9.82. The Bertz CT molecular complexity index is 759. The van der Waals surface area contributed by atoms with Gasteiger partial charge in [-0.3, -0.25) is 0 Å². The van der Waals surface area contributed by atoms with Gasteiger partial charge in [0, 0.05) is 5.56 Å². The van der Waals surface area contributed by atoms with Gasteiger partial charge >= 0.3 is 5.52 Å². The van der Waals surface area contributed by atoms with Crippen LogP contribution in [0.15, 0.2) is 36.5 Å². The number of anilines is 2. The predicted molar refractivity (Wildman–Crippen MR) is 70.6 cm³/mol. The fourth-order valence-electron chi connectivity index (χ4n) is 1.83. The molecule has 2 heterocycles. The molecule has 0 radical (unpaired) electrons. The molecule has 3 aromatic rings. The molecule has 0 amide bonds. The van der Waals surface area contributed by atoms with Crippen LogP contribution in [-0.2, 0) is 0 Å². The molecule has 0 spiro atoms. The van der Waals surface area contributed by atoms with Crippen LogP contribution in [0.1, 0.15) is 0 Å². The Morgan fingerprint density at radius 2 is 1.74 bits per heavy atom. The maximum atomic E-state index is 12.0. The highest BCUT2D eigenvalue weighted by atomic mass is 16.5. The van der Waals surface area contributed by atoms with Crippen molar-refractivity contribution in [3.05, 3.63) is 41.7 Å². The summed E-state index contributed by atoms with van der Waals surface area (Å²) in [5.74, 6) is 0.00678. The van der Waals surface area contributed by atoms with Crippen molar-refractivity contribution in [2.45, 2.75) is 0 Å². The smallest absolute Gasteiger partial charge is 0.304 e. The van der Waals surface area contributed by atoms with Crippen molar-refractivity contribution < 1.29 is 4.73 Å². The maximum Gasteiger partial charge on any atom is 0.304 e. The molecule has 0 saturated heterocycles. The Labute approximate surface area is 108 Å². The minimum Gasteiger partial charge on any atom is -0.618 e. The summed E-state index contributed by atoms with van der Waals surface area (Å²) >= 11 is 0. The summed E-state index contributed by atoms with van der Waals surface area (Å²) in [5, 5.41) is 12.0. The van der Waals surface area contributed by atoms with Crippen LogP contribution in [0.3, 0.4) is 0 Å². The Balaban J connectivity index is 2.31. The number of nitrogens with two attached hydrogens (primary N) is 2. The van der Waals surface area contributed by atoms with E-state index in [1.54, 1.807) is 0 Å². The van der Waals surface area contributed by atoms with Crippen LogP contribution in [0.4, 0.5) is 11.8 Å². The standard InChI is InChI=1S/C12H10N6O/c13-10-9-11(17-12(14)16-10)15-8(6-18(9)19)7-4-2-1-3-5-7/h1-6H,(H4,13,14,15,16,17). The second kappa shape index (κ2) is 4.05. The van der Waals surface area contributed by atoms with Crippen molar-refractivity contribution in [1.29, 1.82) is 0 Å². The number of hydrogen-bond donors (Lipinski definition) is 2. The summed E-state index contributed by atoms with van der Waals surface area (Å²) in [4.78, 5) is 12.0. The van der Waals surface area contributed by atoms with E-state index in [1.807, 2.05) is 30.3 Å². The summed E-state index contributed by atoms with van der Waals surface area (Å²) in [5.41, 5.74) is 12.8. The first-order valence-corrected chi connectivity index (χ1v) is 5.53. The fraction of sp³-hybridized carbons (Fsp3) is 0. The normalized spacial score (nSPS) is 10.7. The summed E-state index contributed by atoms with van der Waals surface area (Å²) in [6.45, 7) is 0. The molecule has 0 saturated carbocycles. The Kier molecular flexibility index (Phi) is 2.38. The zero-order chi connectivity index (χ0) is 13.4. The molecular formula is C12H10N6O. The van der Waals surface area contributed by atoms with Crippen molar-refractivity contribution in [1.82, 2.24) is 15.0 Å². The molecule has 94 valence electrons. The molecule has 0 aliphatic rings. The molecule has 2 aromatic heterocycles. The molecule has 1 aromatic carbocycles. The monoisotopic (exact) mass is 254 g/mol. The fourth-order valence-corrected chi connectivity index (χ4v) is 1.83. The largest absolute Gasteiger partial charge is 0.618 e. The number of aromatic nitrogens is 4. The number of rotatable bonds is 1. The average molecular weight is 254 g/mol. The van der Waals surface area contributed by atoms with Gasteiger partial charge in [0.15, 0.2) is 0 Å². The SMILES string of the molecule is Nc1nc(N)c2c(nc(-c3ccccc3)c[n+]2[O-])n1. The number of fused-ring (bicyclic) bond motifs is 1. The molecular weight excluding hydrogens is 244 g/mol. The van der Waals surface area contributed by atoms with E-state index >= 15 is 0 Å². The topological polar surface area (TPSA) is 118 Å². The van der Waals surface area contributed by atoms with Gasteiger partial charge in [-0.25, -0.2) is 4.98 Å². The summed E-state index contributed by atoms with van der Waals surface area (Å²) < 4.78 is 0.611. The highest BCUT2D eigenvalue weighted by Crippen LogP contribution is 2.19. The van der Waals surface area contributed by atoms with E-state index < -0.39 is 0 Å². The van der Waals surface area contributed by atoms with Gasteiger partial charge in [-0.2, -0.15) is 14.7 Å². The second-order valence-electron chi connectivity index (χ2n) is 3.96. The first kappa shape index (κ1) is 11.1. The van der Waals surface area contributed by atoms with Gasteiger partial charge in [0.25, 0.3) is 0 Å². The number of nitrogens with zero attached hydrogens (tertiary/aromatic N) is 4. The Hall–Kier alpha value is -2.96. The van der Waals surface area contributed by atoms with Crippen LogP contribution in [0, 0.1) is 5.21 Å². The van der Waals surface area contributed by atoms with Crippen molar-refractivity contribution >= 4 is 22.9 Å². The highest BCUT2D eigenvalue weighted by Gasteiger charge is 2.16. The third-order valence-electron chi connectivity index (χ3n) is 2.67. The maximum absolute atomic E-state index is 12.0. The molecule has 19 heavy (non-hydrogen) atoms. The lowest BCUT2D eigenvalue weighted by molar-refractivity contribution is -0.576. The third-order valence-corrected chi connectivity index (χ3v) is 2.67. The highest BCUT2D eigenvalue weighted by molar-refractivity contribution is 5.80. The predicted octanol–water partition coefficient (Wildman–Crippen LogP) is 0.490. The lowest BCUT2D eigenvalue weighted by Gasteiger charge is -2.06. The first-order valence-electron chi connectivity index (χ1n) is 5.53. The molecule has 7 heteroatoms. The zero-order valence-corrected chi connectivity index (χ0v) is 9.82. The van der Waals surface area contributed by atoms with Crippen LogP contribution in [0.2, 0.25) is 0 Å². The quantitative estimate of drug-likeness (QED) is 0.482. The van der Waals surface area contributed by atoms with Gasteiger partial charge < -0.3 is 16.7 Å². The van der Waals surface area contributed by atoms with Crippen LogP contribution in [0.5, 0.6) is 0 Å². The molecule has 0 aliphatic carbocycles. The van der Waals surface area contributed by atoms with Gasteiger partial charge in [0.2, 0.25) is 23.6 Å². The van der Waals surface area contributed by atoms with Crippen molar-refractivity contribution in [3.8, 4) is 11.3 Å². The second-order valence-corrected chi connectivity index (χ2v) is 3.96. The summed E-state index contributed by atoms with van der Waals surface area (Å²) in [6, 6.07) is 9.30. The van der Waals surface area contributed by atoms with E-state index in [9.17, 15) is 5.21 Å². The van der Waals surface area contributed by atoms with Gasteiger partial charge in [-0.1, -0.05) is 30.3 Å². The molecule has 0 atom stereocenters. The van der Waals surface area contributed by atoms with Crippen molar-refractivity contribution in [2.75, 3.05) is 11.5 Å². The number of benzene rings is 1. The average Bonchev–Trinajstić information content (AvgIpc) is 2.38. The molecule has 7 nitrogen and oxygen atoms in total. The molecule has 0 bridgehead atoms. The molecule has 0 fully saturated rings. The number of hydrogen-bond acceptors (Lipinski definition) is 6. The van der Waals surface area contributed by atoms with E-state index in [4.69, 9.17) is 11.5 Å². The minimum absolute atomic E-state index is 0.0114. The molecule has 4 N–H and O–H groups in total. The molecule has 3 rings (SSSR count). The van der Waals surface area contributed by atoms with Crippen molar-refractivity contribution in [3.63, 3.8) is 0 Å². The summed E-state index contributed by atoms with van der Waals surface area (Å²) in [7, 11) is 0. The summed E-state index contributed by atoms with van der Waals surface area (Å²) in [6.07, 6.45) is 1.34. The van der Waals surface area contributed by atoms with Crippen molar-refractivity contribution in [2.24, 2.45) is 0 Å². The van der Waals surface area contributed by atoms with Gasteiger partial charge in [0.05, 0.1) is 0 Å². The lowest BCUT2D eigenvalue weighted by Crippen LogP contribution is -2.29. The van der Waals surface area contributed by atoms with Gasteiger partial charge in [-0.15, -0.1) is 0 Å². The van der Waals surface area contributed by atoms with E-state index in [2.05, 4.69) is 15.0 Å². The Morgan fingerprint density at radius 1 is 1.00 bits per heavy atom. The van der Waals surface area contributed by atoms with E-state index in [0.717, 1.165) is 5.56 Å². The minimum atomic E-state index is -0.0114. The van der Waals surface area contributed by atoms with Crippen LogP contribution in [0.25, 0.3) is 22.4 Å². The first-order chi connectivity index (χ1) is 9.15. The van der Waals surface area contributed by atoms with Crippen LogP contribution in [-0.4, -0.2) is 15.0 Å². The van der Waals surface area contributed by atoms with Crippen LogP contribution < -0.4 is 16.2 Å². The Morgan fingerprint density at radius 3 is 2.47 bits per heavy atom.